The minimum atomic E-state index is 0. The van der Waals surface area contributed by atoms with Crippen molar-refractivity contribution in [1.29, 1.82) is 0 Å². The lowest BCUT2D eigenvalue weighted by Crippen LogP contribution is -2.48. The molecule has 1 saturated heterocycles. The molecule has 1 atom stereocenters. The van der Waals surface area contributed by atoms with Crippen molar-refractivity contribution in [1.82, 2.24) is 5.32 Å². The second-order valence-corrected chi connectivity index (χ2v) is 7.19. The largest absolute Gasteiger partial charge is 0.367 e. The molecule has 1 unspecified atom stereocenters. The molecular weight excluding hydrogens is 381 g/mol. The number of hydrogen-bond donors (Lipinski definition) is 2. The van der Waals surface area contributed by atoms with Gasteiger partial charge in [0.25, 0.3) is 0 Å². The number of nitrogens with zero attached hydrogens (tertiary/aromatic N) is 1. The van der Waals surface area contributed by atoms with Gasteiger partial charge in [0.2, 0.25) is 5.91 Å². The van der Waals surface area contributed by atoms with E-state index in [-0.39, 0.29) is 36.6 Å². The summed E-state index contributed by atoms with van der Waals surface area (Å²) in [5.41, 5.74) is 4.94. The fraction of sp³-hybridized carbons (Fsp3) is 0.381. The highest BCUT2D eigenvalue weighted by molar-refractivity contribution is 5.92. The van der Waals surface area contributed by atoms with E-state index < -0.39 is 0 Å². The number of anilines is 2. The Kier molecular flexibility index (Phi) is 7.54. The maximum atomic E-state index is 12.3. The van der Waals surface area contributed by atoms with Crippen molar-refractivity contribution in [3.8, 4) is 0 Å². The van der Waals surface area contributed by atoms with E-state index in [4.69, 9.17) is 0 Å². The summed E-state index contributed by atoms with van der Waals surface area (Å²) in [7, 11) is 0. The molecule has 0 bridgehead atoms. The summed E-state index contributed by atoms with van der Waals surface area (Å²) >= 11 is 0. The molecule has 0 radical (unpaired) electrons. The number of halogens is 2. The molecule has 2 aromatic rings. The molecule has 4 rings (SSSR count). The van der Waals surface area contributed by atoms with Gasteiger partial charge in [-0.1, -0.05) is 37.3 Å². The number of carbonyl (C=O) groups excluding carboxylic acids is 1. The Morgan fingerprint density at radius 3 is 2.52 bits per heavy atom. The van der Waals surface area contributed by atoms with Gasteiger partial charge >= 0.3 is 0 Å². The van der Waals surface area contributed by atoms with E-state index in [1.54, 1.807) is 0 Å². The van der Waals surface area contributed by atoms with E-state index in [9.17, 15) is 4.79 Å². The first-order chi connectivity index (χ1) is 12.2. The summed E-state index contributed by atoms with van der Waals surface area (Å²) in [6, 6.07) is 16.9. The molecule has 2 N–H and O–H groups in total. The third-order valence-electron chi connectivity index (χ3n) is 5.51. The number of nitrogens with one attached hydrogen (secondary N) is 2. The molecule has 27 heavy (non-hydrogen) atoms. The average Bonchev–Trinajstić information content (AvgIpc) is 2.98. The second kappa shape index (κ2) is 9.45. The molecule has 0 spiro atoms. The molecule has 2 aliphatic rings. The van der Waals surface area contributed by atoms with Crippen LogP contribution >= 0.6 is 24.8 Å². The van der Waals surface area contributed by atoms with Crippen LogP contribution in [-0.4, -0.2) is 25.5 Å². The Balaban J connectivity index is 0.00000131. The Morgan fingerprint density at radius 2 is 1.85 bits per heavy atom. The van der Waals surface area contributed by atoms with Crippen LogP contribution in [0.4, 0.5) is 11.4 Å². The predicted octanol–water partition coefficient (Wildman–Crippen LogP) is 3.89. The zero-order valence-corrected chi connectivity index (χ0v) is 17.1. The van der Waals surface area contributed by atoms with Crippen molar-refractivity contribution < 1.29 is 4.79 Å². The van der Waals surface area contributed by atoms with Crippen molar-refractivity contribution in [2.45, 2.75) is 19.9 Å². The standard InChI is InChI=1S/C21H25N3O.2ClH/c1-15(18-12-22-13-18)21(25)23-19-8-6-16(7-9-19)14-24-11-10-17-4-2-3-5-20(17)24;;/h2-9,15,18,22H,10-14H2,1H3,(H,23,25);2*1H. The summed E-state index contributed by atoms with van der Waals surface area (Å²) in [6.07, 6.45) is 1.12. The molecule has 6 heteroatoms. The van der Waals surface area contributed by atoms with E-state index in [1.165, 1.54) is 16.8 Å². The molecule has 2 aliphatic heterocycles. The van der Waals surface area contributed by atoms with Gasteiger partial charge in [0.15, 0.2) is 0 Å². The maximum Gasteiger partial charge on any atom is 0.227 e. The summed E-state index contributed by atoms with van der Waals surface area (Å²) < 4.78 is 0. The van der Waals surface area contributed by atoms with Crippen LogP contribution in [0.25, 0.3) is 0 Å². The number of para-hydroxylation sites is 1. The van der Waals surface area contributed by atoms with Crippen LogP contribution in [0.5, 0.6) is 0 Å². The fourth-order valence-corrected chi connectivity index (χ4v) is 3.62. The topological polar surface area (TPSA) is 44.4 Å². The molecule has 0 aromatic heterocycles. The minimum Gasteiger partial charge on any atom is -0.367 e. The van der Waals surface area contributed by atoms with Crippen molar-refractivity contribution in [2.24, 2.45) is 11.8 Å². The highest BCUT2D eigenvalue weighted by Gasteiger charge is 2.28. The van der Waals surface area contributed by atoms with E-state index in [0.29, 0.717) is 5.92 Å². The molecule has 2 aromatic carbocycles. The maximum absolute atomic E-state index is 12.3. The van der Waals surface area contributed by atoms with E-state index >= 15 is 0 Å². The highest BCUT2D eigenvalue weighted by atomic mass is 35.5. The predicted molar refractivity (Wildman–Crippen MR) is 116 cm³/mol. The zero-order valence-electron chi connectivity index (χ0n) is 15.5. The summed E-state index contributed by atoms with van der Waals surface area (Å²) in [5.74, 6) is 0.643. The number of rotatable bonds is 5. The average molecular weight is 408 g/mol. The minimum absolute atomic E-state index is 0. The summed E-state index contributed by atoms with van der Waals surface area (Å²) in [4.78, 5) is 14.7. The van der Waals surface area contributed by atoms with Gasteiger partial charge < -0.3 is 15.5 Å². The number of benzene rings is 2. The molecular formula is C21H27Cl2N3O. The Morgan fingerprint density at radius 1 is 1.15 bits per heavy atom. The van der Waals surface area contributed by atoms with Crippen molar-refractivity contribution in [3.63, 3.8) is 0 Å². The van der Waals surface area contributed by atoms with E-state index in [2.05, 4.69) is 51.9 Å². The van der Waals surface area contributed by atoms with Crippen LogP contribution in [0.2, 0.25) is 0 Å². The quantitative estimate of drug-likeness (QED) is 0.789. The number of hydrogen-bond acceptors (Lipinski definition) is 3. The first-order valence-corrected chi connectivity index (χ1v) is 9.14. The normalized spacial score (nSPS) is 16.4. The first kappa shape index (κ1) is 21.5. The summed E-state index contributed by atoms with van der Waals surface area (Å²) in [5, 5.41) is 6.27. The number of amides is 1. The number of carbonyl (C=O) groups is 1. The lowest BCUT2D eigenvalue weighted by Gasteiger charge is -2.31. The Labute approximate surface area is 173 Å². The van der Waals surface area contributed by atoms with Gasteiger partial charge in [-0.3, -0.25) is 4.79 Å². The first-order valence-electron chi connectivity index (χ1n) is 9.14. The molecule has 4 nitrogen and oxygen atoms in total. The smallest absolute Gasteiger partial charge is 0.227 e. The van der Waals surface area contributed by atoms with Gasteiger partial charge in [0.1, 0.15) is 0 Å². The fourth-order valence-electron chi connectivity index (χ4n) is 3.62. The van der Waals surface area contributed by atoms with Crippen molar-refractivity contribution in [3.05, 3.63) is 59.7 Å². The number of fused-ring (bicyclic) bond motifs is 1. The monoisotopic (exact) mass is 407 g/mol. The zero-order chi connectivity index (χ0) is 17.2. The van der Waals surface area contributed by atoms with Crippen LogP contribution in [0.15, 0.2) is 48.5 Å². The van der Waals surface area contributed by atoms with Gasteiger partial charge in [-0.15, -0.1) is 24.8 Å². The lowest BCUT2D eigenvalue weighted by atomic mass is 9.88. The van der Waals surface area contributed by atoms with Gasteiger partial charge in [-0.05, 0) is 54.8 Å². The molecule has 146 valence electrons. The van der Waals surface area contributed by atoms with Crippen LogP contribution in [0.3, 0.4) is 0 Å². The third kappa shape index (κ3) is 4.75. The van der Waals surface area contributed by atoms with Crippen molar-refractivity contribution >= 4 is 42.1 Å². The third-order valence-corrected chi connectivity index (χ3v) is 5.51. The second-order valence-electron chi connectivity index (χ2n) is 7.19. The van der Waals surface area contributed by atoms with Gasteiger partial charge in [-0.25, -0.2) is 0 Å². The Bertz CT molecular complexity index is 762. The van der Waals surface area contributed by atoms with Gasteiger partial charge in [-0.2, -0.15) is 0 Å². The van der Waals surface area contributed by atoms with Gasteiger partial charge in [0, 0.05) is 30.4 Å². The molecule has 0 aliphatic carbocycles. The van der Waals surface area contributed by atoms with Crippen molar-refractivity contribution in [2.75, 3.05) is 29.9 Å². The molecule has 2 heterocycles. The van der Waals surface area contributed by atoms with Gasteiger partial charge in [0.05, 0.1) is 0 Å². The Hall–Kier alpha value is -1.75. The molecule has 1 fully saturated rings. The molecule has 0 saturated carbocycles. The van der Waals surface area contributed by atoms with Crippen LogP contribution in [0, 0.1) is 11.8 Å². The van der Waals surface area contributed by atoms with Crippen LogP contribution in [0.1, 0.15) is 18.1 Å². The highest BCUT2D eigenvalue weighted by Crippen LogP contribution is 2.29. The van der Waals surface area contributed by atoms with E-state index in [0.717, 1.165) is 38.3 Å². The van der Waals surface area contributed by atoms with Crippen LogP contribution in [-0.2, 0) is 17.8 Å². The molecule has 1 amide bonds. The van der Waals surface area contributed by atoms with Crippen LogP contribution < -0.4 is 15.5 Å². The van der Waals surface area contributed by atoms with E-state index in [1.807, 2.05) is 19.1 Å². The summed E-state index contributed by atoms with van der Waals surface area (Å²) in [6.45, 7) is 5.90. The SMILES string of the molecule is CC(C(=O)Nc1ccc(CN2CCc3ccccc32)cc1)C1CNC1.Cl.Cl. The lowest BCUT2D eigenvalue weighted by molar-refractivity contribution is -0.121.